The number of carbonyl (C=O) groups is 1. The quantitative estimate of drug-likeness (QED) is 0.195. The van der Waals surface area contributed by atoms with Gasteiger partial charge in [0.2, 0.25) is 0 Å². The van der Waals surface area contributed by atoms with Gasteiger partial charge < -0.3 is 10.6 Å². The van der Waals surface area contributed by atoms with Crippen LogP contribution in [-0.4, -0.2) is 25.7 Å². The number of non-ortho nitro benzene ring substituents is 1. The van der Waals surface area contributed by atoms with Crippen LogP contribution in [0.15, 0.2) is 78.0 Å². The SMILES string of the molecule is Cc1cccc(NC(=O)NCc2nnc(SCc3ccccc3)n2-c2ccc([N+](=O)[O-])cc2)c1C. The monoisotopic (exact) mass is 488 g/mol. The van der Waals surface area contributed by atoms with E-state index in [9.17, 15) is 14.9 Å². The van der Waals surface area contributed by atoms with Crippen molar-refractivity contribution in [2.75, 3.05) is 5.32 Å². The Labute approximate surface area is 206 Å². The number of anilines is 1. The maximum atomic E-state index is 12.6. The number of hydrogen-bond donors (Lipinski definition) is 2. The molecule has 178 valence electrons. The second-order valence-electron chi connectivity index (χ2n) is 7.84. The van der Waals surface area contributed by atoms with Crippen molar-refractivity contribution in [1.29, 1.82) is 0 Å². The van der Waals surface area contributed by atoms with Gasteiger partial charge in [0, 0.05) is 29.3 Å². The van der Waals surface area contributed by atoms with E-state index in [2.05, 4.69) is 20.8 Å². The topological polar surface area (TPSA) is 115 Å². The molecule has 0 aliphatic heterocycles. The molecule has 0 saturated heterocycles. The highest BCUT2D eigenvalue weighted by Gasteiger charge is 2.17. The summed E-state index contributed by atoms with van der Waals surface area (Å²) >= 11 is 1.49. The van der Waals surface area contributed by atoms with Crippen molar-refractivity contribution in [3.63, 3.8) is 0 Å². The molecule has 4 aromatic rings. The zero-order chi connectivity index (χ0) is 24.8. The van der Waals surface area contributed by atoms with Gasteiger partial charge in [-0.1, -0.05) is 54.2 Å². The summed E-state index contributed by atoms with van der Waals surface area (Å²) in [6.45, 7) is 4.05. The number of benzene rings is 3. The summed E-state index contributed by atoms with van der Waals surface area (Å²) in [7, 11) is 0. The maximum Gasteiger partial charge on any atom is 0.319 e. The number of hydrogen-bond acceptors (Lipinski definition) is 6. The minimum absolute atomic E-state index is 0.00658. The van der Waals surface area contributed by atoms with Crippen LogP contribution < -0.4 is 10.6 Å². The van der Waals surface area contributed by atoms with Gasteiger partial charge in [0.25, 0.3) is 5.69 Å². The molecule has 0 bridgehead atoms. The number of nitrogens with one attached hydrogen (secondary N) is 2. The molecule has 2 amide bonds. The molecular weight excluding hydrogens is 464 g/mol. The van der Waals surface area contributed by atoms with E-state index in [0.29, 0.717) is 22.4 Å². The second kappa shape index (κ2) is 10.8. The number of nitro groups is 1. The highest BCUT2D eigenvalue weighted by Crippen LogP contribution is 2.26. The van der Waals surface area contributed by atoms with Crippen LogP contribution in [-0.2, 0) is 12.3 Å². The smallest absolute Gasteiger partial charge is 0.319 e. The Morgan fingerprint density at radius 3 is 2.46 bits per heavy atom. The van der Waals surface area contributed by atoms with Crippen molar-refractivity contribution in [2.24, 2.45) is 0 Å². The lowest BCUT2D eigenvalue weighted by Gasteiger charge is -2.13. The fourth-order valence-electron chi connectivity index (χ4n) is 3.43. The van der Waals surface area contributed by atoms with Gasteiger partial charge in [-0.25, -0.2) is 4.79 Å². The summed E-state index contributed by atoms with van der Waals surface area (Å²) in [5, 5.41) is 26.0. The molecule has 1 aromatic heterocycles. The van der Waals surface area contributed by atoms with Crippen LogP contribution in [0.1, 0.15) is 22.5 Å². The molecule has 0 unspecified atom stereocenters. The fourth-order valence-corrected chi connectivity index (χ4v) is 4.35. The van der Waals surface area contributed by atoms with E-state index in [1.165, 1.54) is 23.9 Å². The Morgan fingerprint density at radius 1 is 1.00 bits per heavy atom. The van der Waals surface area contributed by atoms with Crippen LogP contribution in [0, 0.1) is 24.0 Å². The summed E-state index contributed by atoms with van der Waals surface area (Å²) in [6.07, 6.45) is 0. The predicted molar refractivity (Wildman–Crippen MR) is 136 cm³/mol. The number of urea groups is 1. The van der Waals surface area contributed by atoms with Gasteiger partial charge in [0.1, 0.15) is 0 Å². The van der Waals surface area contributed by atoms with Gasteiger partial charge in [-0.2, -0.15) is 0 Å². The van der Waals surface area contributed by atoms with Crippen molar-refractivity contribution >= 4 is 29.2 Å². The van der Waals surface area contributed by atoms with Gasteiger partial charge in [-0.15, -0.1) is 10.2 Å². The van der Waals surface area contributed by atoms with Crippen molar-refractivity contribution in [1.82, 2.24) is 20.1 Å². The zero-order valence-electron chi connectivity index (χ0n) is 19.3. The Kier molecular flexibility index (Phi) is 7.41. The van der Waals surface area contributed by atoms with Crippen molar-refractivity contribution in [3.05, 3.63) is 105 Å². The average Bonchev–Trinajstić information content (AvgIpc) is 3.27. The lowest BCUT2D eigenvalue weighted by atomic mass is 10.1. The Hall–Kier alpha value is -4.18. The Bertz CT molecular complexity index is 1340. The summed E-state index contributed by atoms with van der Waals surface area (Å²) in [5.74, 6) is 1.18. The van der Waals surface area contributed by atoms with E-state index in [1.54, 1.807) is 16.7 Å². The first kappa shape index (κ1) is 24.0. The van der Waals surface area contributed by atoms with Gasteiger partial charge in [0.15, 0.2) is 11.0 Å². The van der Waals surface area contributed by atoms with E-state index >= 15 is 0 Å². The highest BCUT2D eigenvalue weighted by molar-refractivity contribution is 7.98. The van der Waals surface area contributed by atoms with E-state index < -0.39 is 4.92 Å². The van der Waals surface area contributed by atoms with Crippen LogP contribution in [0.5, 0.6) is 0 Å². The summed E-state index contributed by atoms with van der Waals surface area (Å²) in [4.78, 5) is 23.2. The van der Waals surface area contributed by atoms with Crippen LogP contribution in [0.4, 0.5) is 16.2 Å². The predicted octanol–water partition coefficient (Wildman–Crippen LogP) is 5.41. The molecule has 35 heavy (non-hydrogen) atoms. The third-order valence-corrected chi connectivity index (χ3v) is 6.49. The van der Waals surface area contributed by atoms with Crippen molar-refractivity contribution < 1.29 is 9.72 Å². The third kappa shape index (κ3) is 5.85. The first-order valence-corrected chi connectivity index (χ1v) is 11.9. The molecule has 10 heteroatoms. The molecule has 3 aromatic carbocycles. The molecule has 2 N–H and O–H groups in total. The van der Waals surface area contributed by atoms with Crippen molar-refractivity contribution in [3.8, 4) is 5.69 Å². The Balaban J connectivity index is 1.54. The maximum absolute atomic E-state index is 12.6. The number of carbonyl (C=O) groups excluding carboxylic acids is 1. The minimum Gasteiger partial charge on any atom is -0.331 e. The average molecular weight is 489 g/mol. The lowest BCUT2D eigenvalue weighted by molar-refractivity contribution is -0.384. The Morgan fingerprint density at radius 2 is 1.74 bits per heavy atom. The summed E-state index contributed by atoms with van der Waals surface area (Å²) < 4.78 is 1.80. The number of thioether (sulfide) groups is 1. The van der Waals surface area contributed by atoms with E-state index in [4.69, 9.17) is 0 Å². The molecule has 9 nitrogen and oxygen atoms in total. The first-order valence-electron chi connectivity index (χ1n) is 10.9. The lowest BCUT2D eigenvalue weighted by Crippen LogP contribution is -2.29. The number of amides is 2. The van der Waals surface area contributed by atoms with Gasteiger partial charge in [0.05, 0.1) is 11.5 Å². The van der Waals surface area contributed by atoms with Crippen LogP contribution >= 0.6 is 11.8 Å². The van der Waals surface area contributed by atoms with Gasteiger partial charge in [-0.3, -0.25) is 14.7 Å². The normalized spacial score (nSPS) is 10.7. The largest absolute Gasteiger partial charge is 0.331 e. The van der Waals surface area contributed by atoms with E-state index in [0.717, 1.165) is 22.4 Å². The highest BCUT2D eigenvalue weighted by atomic mass is 32.2. The minimum atomic E-state index is -0.443. The third-order valence-electron chi connectivity index (χ3n) is 5.49. The number of nitrogens with zero attached hydrogens (tertiary/aromatic N) is 4. The molecule has 0 aliphatic rings. The van der Waals surface area contributed by atoms with Gasteiger partial charge >= 0.3 is 6.03 Å². The second-order valence-corrected chi connectivity index (χ2v) is 8.78. The molecular formula is C25H24N6O3S. The summed E-state index contributed by atoms with van der Waals surface area (Å²) in [5.41, 5.74) is 4.61. The molecule has 0 radical (unpaired) electrons. The zero-order valence-corrected chi connectivity index (χ0v) is 20.1. The first-order chi connectivity index (χ1) is 16.9. The van der Waals surface area contributed by atoms with Crippen LogP contribution in [0.3, 0.4) is 0 Å². The molecule has 0 saturated carbocycles. The van der Waals surface area contributed by atoms with E-state index in [1.807, 2.05) is 62.4 Å². The number of aryl methyl sites for hydroxylation is 1. The number of aromatic nitrogens is 3. The number of rotatable bonds is 8. The van der Waals surface area contributed by atoms with Crippen LogP contribution in [0.2, 0.25) is 0 Å². The fraction of sp³-hybridized carbons (Fsp3) is 0.160. The molecule has 1 heterocycles. The number of nitro benzene ring substituents is 1. The standard InChI is InChI=1S/C25H24N6O3S/c1-17-7-6-10-22(18(17)2)27-24(32)26-15-23-28-29-25(35-16-19-8-4-3-5-9-19)30(23)20-11-13-21(14-12-20)31(33)34/h3-14H,15-16H2,1-2H3,(H2,26,27,32). The van der Waals surface area contributed by atoms with Gasteiger partial charge in [-0.05, 0) is 48.7 Å². The summed E-state index contributed by atoms with van der Waals surface area (Å²) in [6, 6.07) is 21.5. The molecule has 4 rings (SSSR count). The molecule has 0 fully saturated rings. The molecule has 0 aliphatic carbocycles. The molecule has 0 atom stereocenters. The van der Waals surface area contributed by atoms with Crippen LogP contribution in [0.25, 0.3) is 5.69 Å². The molecule has 0 spiro atoms. The van der Waals surface area contributed by atoms with Crippen molar-refractivity contribution in [2.45, 2.75) is 31.3 Å². The van der Waals surface area contributed by atoms with E-state index in [-0.39, 0.29) is 18.3 Å².